The average Bonchev–Trinajstić information content (AvgIpc) is 3.07. The van der Waals surface area contributed by atoms with Crippen LogP contribution in [0.2, 0.25) is 5.02 Å². The van der Waals surface area contributed by atoms with Crippen molar-refractivity contribution >= 4 is 34.5 Å². The minimum Gasteiger partial charge on any atom is -0.389 e. The molecule has 0 amide bonds. The summed E-state index contributed by atoms with van der Waals surface area (Å²) in [5.74, 6) is 0.692. The fourth-order valence-corrected chi connectivity index (χ4v) is 2.62. The molecular formula is C14H19ClN2S. The Kier molecular flexibility index (Phi) is 3.83. The monoisotopic (exact) mass is 282 g/mol. The highest BCUT2D eigenvalue weighted by molar-refractivity contribution is 7.80. The molecule has 1 aliphatic carbocycles. The third kappa shape index (κ3) is 2.78. The first-order valence-electron chi connectivity index (χ1n) is 6.28. The van der Waals surface area contributed by atoms with Gasteiger partial charge >= 0.3 is 0 Å². The van der Waals surface area contributed by atoms with E-state index >= 15 is 0 Å². The van der Waals surface area contributed by atoms with Crippen LogP contribution >= 0.6 is 23.8 Å². The second-order valence-electron chi connectivity index (χ2n) is 5.42. The van der Waals surface area contributed by atoms with Gasteiger partial charge in [-0.25, -0.2) is 0 Å². The molecule has 0 radical (unpaired) electrons. The van der Waals surface area contributed by atoms with E-state index in [9.17, 15) is 0 Å². The zero-order valence-corrected chi connectivity index (χ0v) is 12.4. The zero-order chi connectivity index (χ0) is 13.3. The van der Waals surface area contributed by atoms with E-state index in [1.54, 1.807) is 0 Å². The highest BCUT2D eigenvalue weighted by atomic mass is 35.5. The number of anilines is 1. The maximum absolute atomic E-state index is 6.03. The first-order valence-corrected chi connectivity index (χ1v) is 7.06. The summed E-state index contributed by atoms with van der Waals surface area (Å²) < 4.78 is 0. The van der Waals surface area contributed by atoms with Crippen molar-refractivity contribution in [3.63, 3.8) is 0 Å². The number of nitrogens with one attached hydrogen (secondary N) is 1. The third-order valence-electron chi connectivity index (χ3n) is 3.99. The van der Waals surface area contributed by atoms with Crippen LogP contribution in [0.1, 0.15) is 32.3 Å². The van der Waals surface area contributed by atoms with Crippen LogP contribution in [0.15, 0.2) is 18.2 Å². The molecule has 2 nitrogen and oxygen atoms in total. The summed E-state index contributed by atoms with van der Waals surface area (Å²) in [7, 11) is 0. The quantitative estimate of drug-likeness (QED) is 0.806. The van der Waals surface area contributed by atoms with Crippen molar-refractivity contribution in [2.45, 2.75) is 26.7 Å². The van der Waals surface area contributed by atoms with Gasteiger partial charge in [-0.1, -0.05) is 37.7 Å². The summed E-state index contributed by atoms with van der Waals surface area (Å²) in [6.07, 6.45) is 2.58. The summed E-state index contributed by atoms with van der Waals surface area (Å²) in [4.78, 5) is 0.406. The van der Waals surface area contributed by atoms with Crippen LogP contribution in [0.5, 0.6) is 0 Å². The number of thiocarbonyl (C=S) groups is 1. The standard InChI is InChI=1S/C14H19ClN2S/c1-9(2)14(5-6-14)8-17-12-7-10(15)3-4-11(12)13(16)18/h3-4,7,9,17H,5-6,8H2,1-2H3,(H2,16,18). The van der Waals surface area contributed by atoms with Gasteiger partial charge in [0.25, 0.3) is 0 Å². The molecule has 1 aromatic rings. The van der Waals surface area contributed by atoms with Gasteiger partial charge < -0.3 is 11.1 Å². The molecule has 0 bridgehead atoms. The summed E-state index contributed by atoms with van der Waals surface area (Å²) in [5.41, 5.74) is 7.98. The van der Waals surface area contributed by atoms with Gasteiger partial charge in [0.1, 0.15) is 4.99 Å². The Hall–Kier alpha value is -0.800. The van der Waals surface area contributed by atoms with E-state index in [0.717, 1.165) is 17.8 Å². The largest absolute Gasteiger partial charge is 0.389 e. The van der Waals surface area contributed by atoms with Crippen LogP contribution in [0, 0.1) is 11.3 Å². The topological polar surface area (TPSA) is 38.0 Å². The highest BCUT2D eigenvalue weighted by Crippen LogP contribution is 2.51. The lowest BCUT2D eigenvalue weighted by Gasteiger charge is -2.22. The molecule has 0 atom stereocenters. The first-order chi connectivity index (χ1) is 8.44. The summed E-state index contributed by atoms with van der Waals surface area (Å²) in [6, 6.07) is 5.59. The molecular weight excluding hydrogens is 264 g/mol. The van der Waals surface area contributed by atoms with Crippen LogP contribution in [0.25, 0.3) is 0 Å². The molecule has 98 valence electrons. The lowest BCUT2D eigenvalue weighted by Crippen LogP contribution is -2.22. The minimum atomic E-state index is 0.406. The molecule has 0 aromatic heterocycles. The van der Waals surface area contributed by atoms with Crippen molar-refractivity contribution in [1.29, 1.82) is 0 Å². The fraction of sp³-hybridized carbons (Fsp3) is 0.500. The molecule has 4 heteroatoms. The van der Waals surface area contributed by atoms with Crippen molar-refractivity contribution < 1.29 is 0 Å². The Bertz CT molecular complexity index is 467. The van der Waals surface area contributed by atoms with Crippen LogP contribution in [-0.4, -0.2) is 11.5 Å². The Balaban J connectivity index is 2.14. The number of nitrogens with two attached hydrogens (primary N) is 1. The summed E-state index contributed by atoms with van der Waals surface area (Å²) >= 11 is 11.1. The molecule has 1 saturated carbocycles. The molecule has 3 N–H and O–H groups in total. The second kappa shape index (κ2) is 5.06. The Morgan fingerprint density at radius 3 is 2.67 bits per heavy atom. The van der Waals surface area contributed by atoms with Gasteiger partial charge in [-0.15, -0.1) is 0 Å². The molecule has 0 heterocycles. The lowest BCUT2D eigenvalue weighted by molar-refractivity contribution is 0.380. The maximum atomic E-state index is 6.03. The van der Waals surface area contributed by atoms with Crippen LogP contribution < -0.4 is 11.1 Å². The number of halogens is 1. The van der Waals surface area contributed by atoms with Crippen molar-refractivity contribution in [1.82, 2.24) is 0 Å². The van der Waals surface area contributed by atoms with E-state index < -0.39 is 0 Å². The molecule has 0 spiro atoms. The minimum absolute atomic E-state index is 0.406. The number of hydrogen-bond acceptors (Lipinski definition) is 2. The summed E-state index contributed by atoms with van der Waals surface area (Å²) in [5, 5.41) is 4.17. The Labute approximate surface area is 119 Å². The fourth-order valence-electron chi connectivity index (χ4n) is 2.27. The smallest absolute Gasteiger partial charge is 0.106 e. The van der Waals surface area contributed by atoms with Crippen molar-refractivity contribution in [3.05, 3.63) is 28.8 Å². The lowest BCUT2D eigenvalue weighted by atomic mass is 9.92. The first kappa shape index (κ1) is 13.6. The molecule has 1 fully saturated rings. The molecule has 1 aromatic carbocycles. The van der Waals surface area contributed by atoms with Crippen LogP contribution in [0.3, 0.4) is 0 Å². The van der Waals surface area contributed by atoms with E-state index in [1.807, 2.05) is 18.2 Å². The molecule has 0 aliphatic heterocycles. The van der Waals surface area contributed by atoms with Gasteiger partial charge in [0.05, 0.1) is 0 Å². The third-order valence-corrected chi connectivity index (χ3v) is 4.45. The number of rotatable bonds is 5. The van der Waals surface area contributed by atoms with Crippen molar-refractivity contribution in [2.24, 2.45) is 17.1 Å². The number of hydrogen-bond donors (Lipinski definition) is 2. The predicted octanol–water partition coefficient (Wildman–Crippen LogP) is 3.82. The molecule has 1 aliphatic rings. The van der Waals surface area contributed by atoms with Crippen LogP contribution in [-0.2, 0) is 0 Å². The van der Waals surface area contributed by atoms with Gasteiger partial charge in [-0.3, -0.25) is 0 Å². The molecule has 2 rings (SSSR count). The summed E-state index contributed by atoms with van der Waals surface area (Å²) in [6.45, 7) is 5.52. The predicted molar refractivity (Wildman–Crippen MR) is 82.3 cm³/mol. The molecule has 0 saturated heterocycles. The van der Waals surface area contributed by atoms with Crippen LogP contribution in [0.4, 0.5) is 5.69 Å². The van der Waals surface area contributed by atoms with Crippen molar-refractivity contribution in [3.8, 4) is 0 Å². The van der Waals surface area contributed by atoms with E-state index in [1.165, 1.54) is 12.8 Å². The average molecular weight is 283 g/mol. The number of benzene rings is 1. The molecule has 18 heavy (non-hydrogen) atoms. The normalized spacial score (nSPS) is 16.7. The molecule has 0 unspecified atom stereocenters. The Morgan fingerprint density at radius 1 is 1.50 bits per heavy atom. The van der Waals surface area contributed by atoms with Gasteiger partial charge in [-0.2, -0.15) is 0 Å². The van der Waals surface area contributed by atoms with Gasteiger partial charge in [0.15, 0.2) is 0 Å². The maximum Gasteiger partial charge on any atom is 0.106 e. The SMILES string of the molecule is CC(C)C1(CNc2cc(Cl)ccc2C(N)=S)CC1. The van der Waals surface area contributed by atoms with E-state index in [-0.39, 0.29) is 0 Å². The van der Waals surface area contributed by atoms with Crippen molar-refractivity contribution in [2.75, 3.05) is 11.9 Å². The Morgan fingerprint density at radius 2 is 2.17 bits per heavy atom. The zero-order valence-electron chi connectivity index (χ0n) is 10.8. The van der Waals surface area contributed by atoms with E-state index in [0.29, 0.717) is 21.3 Å². The van der Waals surface area contributed by atoms with Gasteiger partial charge in [0.2, 0.25) is 0 Å². The van der Waals surface area contributed by atoms with E-state index in [4.69, 9.17) is 29.6 Å². The van der Waals surface area contributed by atoms with E-state index in [2.05, 4.69) is 19.2 Å². The highest BCUT2D eigenvalue weighted by Gasteiger charge is 2.44. The van der Waals surface area contributed by atoms with Gasteiger partial charge in [-0.05, 0) is 42.4 Å². The van der Waals surface area contributed by atoms with Gasteiger partial charge in [0, 0.05) is 22.8 Å². The second-order valence-corrected chi connectivity index (χ2v) is 6.30.